The highest BCUT2D eigenvalue weighted by molar-refractivity contribution is 5.79. The molecular formula is C31H44O4. The number of aryl methyl sites for hydroxylation is 1. The van der Waals surface area contributed by atoms with Gasteiger partial charge in [-0.15, -0.1) is 0 Å². The van der Waals surface area contributed by atoms with Gasteiger partial charge in [0.15, 0.2) is 0 Å². The summed E-state index contributed by atoms with van der Waals surface area (Å²) in [6.45, 7) is 8.26. The summed E-state index contributed by atoms with van der Waals surface area (Å²) in [5.74, 6) is 1.83. The second kappa shape index (κ2) is 13.2. The molecule has 4 heteroatoms. The Morgan fingerprint density at radius 2 is 1.74 bits per heavy atom. The van der Waals surface area contributed by atoms with Crippen LogP contribution in [-0.2, 0) is 9.53 Å². The maximum Gasteiger partial charge on any atom is 0.319 e. The number of hydrogen-bond donors (Lipinski definition) is 1. The topological polar surface area (TPSA) is 55.8 Å². The summed E-state index contributed by atoms with van der Waals surface area (Å²) < 4.78 is 11.0. The first kappa shape index (κ1) is 27.4. The molecule has 1 N–H and O–H groups in total. The van der Waals surface area contributed by atoms with Gasteiger partial charge in [0.05, 0.1) is 25.2 Å². The Morgan fingerprint density at radius 1 is 1.03 bits per heavy atom. The van der Waals surface area contributed by atoms with Crippen LogP contribution in [0.4, 0.5) is 0 Å². The van der Waals surface area contributed by atoms with Gasteiger partial charge >= 0.3 is 5.97 Å². The summed E-state index contributed by atoms with van der Waals surface area (Å²) in [6.07, 6.45) is 10.9. The predicted octanol–water partition coefficient (Wildman–Crippen LogP) is 7.46. The molecule has 4 nitrogen and oxygen atoms in total. The van der Waals surface area contributed by atoms with E-state index < -0.39 is 5.41 Å². The van der Waals surface area contributed by atoms with Crippen LogP contribution >= 0.6 is 0 Å². The number of carbonyl (C=O) groups is 1. The quantitative estimate of drug-likeness (QED) is 0.195. The molecular weight excluding hydrogens is 436 g/mol. The van der Waals surface area contributed by atoms with Crippen molar-refractivity contribution in [3.05, 3.63) is 53.6 Å². The molecule has 0 heterocycles. The third-order valence-corrected chi connectivity index (χ3v) is 7.42. The Kier molecular flexibility index (Phi) is 10.4. The van der Waals surface area contributed by atoms with Crippen LogP contribution in [0.3, 0.4) is 0 Å². The van der Waals surface area contributed by atoms with Gasteiger partial charge in [-0.2, -0.15) is 0 Å². The lowest BCUT2D eigenvalue weighted by atomic mass is 9.77. The summed E-state index contributed by atoms with van der Waals surface area (Å²) in [5.41, 5.74) is 4.10. The largest absolute Gasteiger partial charge is 0.426 e. The number of aliphatic hydroxyl groups is 1. The highest BCUT2D eigenvalue weighted by Crippen LogP contribution is 2.38. The predicted molar refractivity (Wildman–Crippen MR) is 143 cm³/mol. The molecule has 1 fully saturated rings. The number of unbranched alkanes of at least 4 members (excludes halogenated alkanes) is 2. The third-order valence-electron chi connectivity index (χ3n) is 7.42. The van der Waals surface area contributed by atoms with E-state index in [1.165, 1.54) is 62.5 Å². The number of rotatable bonds is 12. The number of carbonyl (C=O) groups excluding carboxylic acids is 1. The molecule has 0 saturated heterocycles. The highest BCUT2D eigenvalue weighted by Gasteiger charge is 2.30. The van der Waals surface area contributed by atoms with Gasteiger partial charge in [0.25, 0.3) is 0 Å². The summed E-state index contributed by atoms with van der Waals surface area (Å²) in [6, 6.07) is 14.9. The second-order valence-electron chi connectivity index (χ2n) is 10.9. The average molecular weight is 481 g/mol. The van der Waals surface area contributed by atoms with Crippen molar-refractivity contribution >= 4 is 5.97 Å². The van der Waals surface area contributed by atoms with Gasteiger partial charge in [0.2, 0.25) is 0 Å². The van der Waals surface area contributed by atoms with Crippen molar-refractivity contribution in [1.29, 1.82) is 0 Å². The van der Waals surface area contributed by atoms with Crippen LogP contribution in [-0.4, -0.2) is 30.9 Å². The van der Waals surface area contributed by atoms with Gasteiger partial charge in [0.1, 0.15) is 5.75 Å². The fraction of sp³-hybridized carbons (Fsp3) is 0.581. The zero-order valence-corrected chi connectivity index (χ0v) is 22.1. The van der Waals surface area contributed by atoms with Crippen LogP contribution in [0.5, 0.6) is 5.75 Å². The van der Waals surface area contributed by atoms with Crippen LogP contribution in [0, 0.1) is 18.3 Å². The van der Waals surface area contributed by atoms with Crippen LogP contribution in [0.25, 0.3) is 11.1 Å². The van der Waals surface area contributed by atoms with Crippen molar-refractivity contribution in [1.82, 2.24) is 0 Å². The Balaban J connectivity index is 1.57. The van der Waals surface area contributed by atoms with Crippen molar-refractivity contribution in [2.45, 2.75) is 85.0 Å². The van der Waals surface area contributed by atoms with E-state index in [1.54, 1.807) is 13.8 Å². The second-order valence-corrected chi connectivity index (χ2v) is 10.9. The summed E-state index contributed by atoms with van der Waals surface area (Å²) in [4.78, 5) is 12.6. The molecule has 0 spiro atoms. The van der Waals surface area contributed by atoms with E-state index in [-0.39, 0.29) is 25.8 Å². The van der Waals surface area contributed by atoms with Crippen LogP contribution in [0.2, 0.25) is 0 Å². The van der Waals surface area contributed by atoms with E-state index in [1.807, 2.05) is 18.2 Å². The van der Waals surface area contributed by atoms with Gasteiger partial charge in [-0.05, 0) is 92.7 Å². The lowest BCUT2D eigenvalue weighted by molar-refractivity contribution is -0.147. The third kappa shape index (κ3) is 7.91. The molecule has 3 rings (SSSR count). The minimum atomic E-state index is -0.785. The molecule has 35 heavy (non-hydrogen) atoms. The number of aliphatic hydroxyl groups excluding tert-OH is 1. The minimum Gasteiger partial charge on any atom is -0.426 e. The van der Waals surface area contributed by atoms with E-state index >= 15 is 0 Å². The van der Waals surface area contributed by atoms with Crippen molar-refractivity contribution in [3.63, 3.8) is 0 Å². The van der Waals surface area contributed by atoms with Gasteiger partial charge in [-0.3, -0.25) is 4.79 Å². The fourth-order valence-corrected chi connectivity index (χ4v) is 5.12. The van der Waals surface area contributed by atoms with E-state index in [9.17, 15) is 4.79 Å². The smallest absolute Gasteiger partial charge is 0.319 e. The van der Waals surface area contributed by atoms with Crippen LogP contribution in [0.1, 0.15) is 89.2 Å². The maximum absolute atomic E-state index is 12.6. The number of esters is 1. The first-order chi connectivity index (χ1) is 16.8. The first-order valence-corrected chi connectivity index (χ1v) is 13.5. The van der Waals surface area contributed by atoms with E-state index in [4.69, 9.17) is 14.6 Å². The molecule has 1 saturated carbocycles. The van der Waals surface area contributed by atoms with Crippen molar-refractivity contribution in [2.75, 3.05) is 19.8 Å². The minimum absolute atomic E-state index is 0.0625. The SMILES string of the molecule is CCCCCC1CCC(c2ccc(-c3ccc(OC(=O)C(C)(C)COCCO)cc3C)cc2)CC1. The van der Waals surface area contributed by atoms with Gasteiger partial charge < -0.3 is 14.6 Å². The van der Waals surface area contributed by atoms with Gasteiger partial charge in [-0.1, -0.05) is 62.9 Å². The zero-order valence-electron chi connectivity index (χ0n) is 22.1. The van der Waals surface area contributed by atoms with Crippen molar-refractivity contribution in [2.24, 2.45) is 11.3 Å². The van der Waals surface area contributed by atoms with E-state index in [0.29, 0.717) is 11.7 Å². The number of benzene rings is 2. The van der Waals surface area contributed by atoms with Gasteiger partial charge in [0, 0.05) is 0 Å². The molecule has 1 aliphatic carbocycles. The Morgan fingerprint density at radius 3 is 2.37 bits per heavy atom. The normalized spacial score (nSPS) is 18.4. The monoisotopic (exact) mass is 480 g/mol. The molecule has 0 radical (unpaired) electrons. The Bertz CT molecular complexity index is 923. The van der Waals surface area contributed by atoms with Crippen LogP contribution < -0.4 is 4.74 Å². The summed E-state index contributed by atoms with van der Waals surface area (Å²) >= 11 is 0. The first-order valence-electron chi connectivity index (χ1n) is 13.5. The zero-order chi connectivity index (χ0) is 25.3. The molecule has 0 unspecified atom stereocenters. The standard InChI is InChI=1S/C31H44O4/c1-5-6-7-8-24-9-11-25(12-10-24)26-13-15-27(16-14-26)29-18-17-28(21-23(29)2)35-30(33)31(3,4)22-34-20-19-32/h13-18,21,24-25,32H,5-12,19-20,22H2,1-4H3. The Labute approximate surface area is 212 Å². The van der Waals surface area contributed by atoms with Crippen LogP contribution in [0.15, 0.2) is 42.5 Å². The molecule has 192 valence electrons. The number of hydrogen-bond acceptors (Lipinski definition) is 4. The van der Waals surface area contributed by atoms with E-state index in [0.717, 1.165) is 17.0 Å². The molecule has 1 aliphatic rings. The average Bonchev–Trinajstić information content (AvgIpc) is 2.85. The molecule has 2 aromatic rings. The fourth-order valence-electron chi connectivity index (χ4n) is 5.12. The Hall–Kier alpha value is -2.17. The van der Waals surface area contributed by atoms with Crippen molar-refractivity contribution < 1.29 is 19.4 Å². The molecule has 0 aliphatic heterocycles. The number of ether oxygens (including phenoxy) is 2. The summed E-state index contributed by atoms with van der Waals surface area (Å²) in [7, 11) is 0. The highest BCUT2D eigenvalue weighted by atomic mass is 16.5. The molecule has 2 aromatic carbocycles. The summed E-state index contributed by atoms with van der Waals surface area (Å²) in [5, 5.41) is 8.87. The molecule has 0 amide bonds. The molecule has 0 bridgehead atoms. The molecule has 0 atom stereocenters. The van der Waals surface area contributed by atoms with E-state index in [2.05, 4.69) is 38.1 Å². The van der Waals surface area contributed by atoms with Gasteiger partial charge in [-0.25, -0.2) is 0 Å². The van der Waals surface area contributed by atoms with Crippen molar-refractivity contribution in [3.8, 4) is 16.9 Å². The molecule has 0 aromatic heterocycles. The lowest BCUT2D eigenvalue weighted by Gasteiger charge is -2.29. The lowest BCUT2D eigenvalue weighted by Crippen LogP contribution is -2.34. The maximum atomic E-state index is 12.6.